The minimum atomic E-state index is 0.126. The highest BCUT2D eigenvalue weighted by Crippen LogP contribution is 2.23. The summed E-state index contributed by atoms with van der Waals surface area (Å²) in [6.07, 6.45) is 4.98. The zero-order chi connectivity index (χ0) is 9.68. The summed E-state index contributed by atoms with van der Waals surface area (Å²) in [5.74, 6) is 0.774. The number of likely N-dealkylation sites (N-methyl/N-ethyl adjacent to an activating group) is 1. The Labute approximate surface area is 80.3 Å². The average Bonchev–Trinajstić information content (AvgIpc) is 2.09. The third-order valence-electron chi connectivity index (χ3n) is 2.80. The van der Waals surface area contributed by atoms with Gasteiger partial charge in [-0.05, 0) is 25.8 Å². The molecule has 0 heterocycles. The monoisotopic (exact) mass is 184 g/mol. The van der Waals surface area contributed by atoms with Gasteiger partial charge in [0.1, 0.15) is 0 Å². The summed E-state index contributed by atoms with van der Waals surface area (Å²) in [5.41, 5.74) is 0. The number of rotatable bonds is 3. The molecule has 1 fully saturated rings. The van der Waals surface area contributed by atoms with Crippen molar-refractivity contribution in [3.05, 3.63) is 0 Å². The fourth-order valence-corrected chi connectivity index (χ4v) is 1.95. The third kappa shape index (κ3) is 3.35. The Morgan fingerprint density at radius 1 is 1.38 bits per heavy atom. The van der Waals surface area contributed by atoms with Crippen molar-refractivity contribution < 1.29 is 4.79 Å². The van der Waals surface area contributed by atoms with Crippen molar-refractivity contribution in [1.29, 1.82) is 0 Å². The van der Waals surface area contributed by atoms with Gasteiger partial charge < -0.3 is 10.6 Å². The van der Waals surface area contributed by atoms with Crippen LogP contribution in [-0.2, 0) is 4.79 Å². The summed E-state index contributed by atoms with van der Waals surface area (Å²) < 4.78 is 0. The van der Waals surface area contributed by atoms with E-state index in [1.165, 1.54) is 19.3 Å². The van der Waals surface area contributed by atoms with E-state index in [-0.39, 0.29) is 5.91 Å². The van der Waals surface area contributed by atoms with E-state index in [1.54, 1.807) is 7.05 Å². The van der Waals surface area contributed by atoms with Crippen LogP contribution in [0.25, 0.3) is 0 Å². The quantitative estimate of drug-likeness (QED) is 0.684. The number of carbonyl (C=O) groups is 1. The predicted molar refractivity (Wildman–Crippen MR) is 53.5 cm³/mol. The van der Waals surface area contributed by atoms with Gasteiger partial charge in [0, 0.05) is 6.04 Å². The van der Waals surface area contributed by atoms with Crippen LogP contribution in [0.3, 0.4) is 0 Å². The maximum absolute atomic E-state index is 11.3. The summed E-state index contributed by atoms with van der Waals surface area (Å²) in [6.45, 7) is 2.66. The van der Waals surface area contributed by atoms with Crippen LogP contribution in [0.4, 0.5) is 0 Å². The van der Waals surface area contributed by atoms with Gasteiger partial charge >= 0.3 is 0 Å². The first-order chi connectivity index (χ1) is 6.24. The van der Waals surface area contributed by atoms with Crippen molar-refractivity contribution in [2.24, 2.45) is 5.92 Å². The Hall–Kier alpha value is -0.570. The van der Waals surface area contributed by atoms with E-state index < -0.39 is 0 Å². The van der Waals surface area contributed by atoms with E-state index in [0.717, 1.165) is 6.42 Å². The molecule has 0 aromatic carbocycles. The Balaban J connectivity index is 2.29. The number of hydrogen-bond acceptors (Lipinski definition) is 2. The molecule has 0 spiro atoms. The smallest absolute Gasteiger partial charge is 0.234 e. The minimum Gasteiger partial charge on any atom is -0.352 e. The highest BCUT2D eigenvalue weighted by molar-refractivity contribution is 5.78. The van der Waals surface area contributed by atoms with Crippen molar-refractivity contribution in [3.8, 4) is 0 Å². The molecular weight excluding hydrogens is 164 g/mol. The molecule has 0 aliphatic heterocycles. The third-order valence-corrected chi connectivity index (χ3v) is 2.80. The van der Waals surface area contributed by atoms with Gasteiger partial charge in [-0.25, -0.2) is 0 Å². The lowest BCUT2D eigenvalue weighted by Crippen LogP contribution is -2.44. The zero-order valence-corrected chi connectivity index (χ0v) is 8.60. The molecule has 13 heavy (non-hydrogen) atoms. The molecule has 0 saturated heterocycles. The second-order valence-electron chi connectivity index (χ2n) is 3.97. The van der Waals surface area contributed by atoms with Crippen molar-refractivity contribution >= 4 is 5.91 Å². The zero-order valence-electron chi connectivity index (χ0n) is 8.60. The molecular formula is C10H20N2O. The molecule has 0 aromatic heterocycles. The topological polar surface area (TPSA) is 41.1 Å². The molecule has 1 rings (SSSR count). The highest BCUT2D eigenvalue weighted by atomic mass is 16.1. The second-order valence-corrected chi connectivity index (χ2v) is 3.97. The Kier molecular flexibility index (Phi) is 4.22. The van der Waals surface area contributed by atoms with Crippen molar-refractivity contribution in [3.63, 3.8) is 0 Å². The second kappa shape index (κ2) is 5.22. The molecule has 3 heteroatoms. The van der Waals surface area contributed by atoms with Gasteiger partial charge in [0.25, 0.3) is 0 Å². The molecule has 76 valence electrons. The van der Waals surface area contributed by atoms with Crippen LogP contribution in [0.15, 0.2) is 0 Å². The first-order valence-electron chi connectivity index (χ1n) is 5.18. The van der Waals surface area contributed by atoms with E-state index in [2.05, 4.69) is 17.6 Å². The van der Waals surface area contributed by atoms with E-state index in [1.807, 2.05) is 0 Å². The van der Waals surface area contributed by atoms with E-state index in [0.29, 0.717) is 18.5 Å². The van der Waals surface area contributed by atoms with Crippen LogP contribution < -0.4 is 10.6 Å². The van der Waals surface area contributed by atoms with Crippen LogP contribution in [-0.4, -0.2) is 25.5 Å². The summed E-state index contributed by atoms with van der Waals surface area (Å²) in [7, 11) is 1.80. The summed E-state index contributed by atoms with van der Waals surface area (Å²) in [6, 6.07) is 0.412. The van der Waals surface area contributed by atoms with Crippen LogP contribution in [0, 0.1) is 5.92 Å². The van der Waals surface area contributed by atoms with E-state index in [4.69, 9.17) is 0 Å². The van der Waals surface area contributed by atoms with Crippen LogP contribution in [0.2, 0.25) is 0 Å². The fraction of sp³-hybridized carbons (Fsp3) is 0.900. The van der Waals surface area contributed by atoms with Gasteiger partial charge in [0.2, 0.25) is 5.91 Å². The SMILES string of the molecule is CNCC(=O)NC1CCCCC1C. The van der Waals surface area contributed by atoms with Crippen LogP contribution in [0.1, 0.15) is 32.6 Å². The van der Waals surface area contributed by atoms with Gasteiger partial charge in [-0.15, -0.1) is 0 Å². The van der Waals surface area contributed by atoms with Crippen LogP contribution in [0.5, 0.6) is 0 Å². The number of carbonyl (C=O) groups excluding carboxylic acids is 1. The number of amides is 1. The molecule has 1 saturated carbocycles. The number of nitrogens with one attached hydrogen (secondary N) is 2. The Morgan fingerprint density at radius 3 is 2.69 bits per heavy atom. The Bertz CT molecular complexity index is 170. The first kappa shape index (κ1) is 10.5. The molecule has 2 atom stereocenters. The molecule has 0 radical (unpaired) electrons. The van der Waals surface area contributed by atoms with Crippen LogP contribution >= 0.6 is 0 Å². The van der Waals surface area contributed by atoms with Gasteiger partial charge in [-0.2, -0.15) is 0 Å². The van der Waals surface area contributed by atoms with Crippen molar-refractivity contribution in [2.75, 3.05) is 13.6 Å². The molecule has 2 N–H and O–H groups in total. The first-order valence-corrected chi connectivity index (χ1v) is 5.18. The maximum Gasteiger partial charge on any atom is 0.234 e. The molecule has 0 bridgehead atoms. The predicted octanol–water partition coefficient (Wildman–Crippen LogP) is 0.901. The highest BCUT2D eigenvalue weighted by Gasteiger charge is 2.22. The minimum absolute atomic E-state index is 0.126. The average molecular weight is 184 g/mol. The molecule has 1 aliphatic rings. The largest absolute Gasteiger partial charge is 0.352 e. The Morgan fingerprint density at radius 2 is 2.08 bits per heavy atom. The van der Waals surface area contributed by atoms with Crippen molar-refractivity contribution in [1.82, 2.24) is 10.6 Å². The summed E-state index contributed by atoms with van der Waals surface area (Å²) in [4.78, 5) is 11.3. The maximum atomic E-state index is 11.3. The van der Waals surface area contributed by atoms with Crippen molar-refractivity contribution in [2.45, 2.75) is 38.6 Å². The molecule has 1 amide bonds. The molecule has 0 aromatic rings. The van der Waals surface area contributed by atoms with Gasteiger partial charge in [-0.3, -0.25) is 4.79 Å². The van der Waals surface area contributed by atoms with Gasteiger partial charge in [0.05, 0.1) is 6.54 Å². The molecule has 1 aliphatic carbocycles. The summed E-state index contributed by atoms with van der Waals surface area (Å²) in [5, 5.41) is 5.93. The molecule has 3 nitrogen and oxygen atoms in total. The lowest BCUT2D eigenvalue weighted by Gasteiger charge is -2.29. The summed E-state index contributed by atoms with van der Waals surface area (Å²) >= 11 is 0. The standard InChI is InChI=1S/C10H20N2O/c1-8-5-3-4-6-9(8)12-10(13)7-11-2/h8-9,11H,3-7H2,1-2H3,(H,12,13). The molecule has 2 unspecified atom stereocenters. The fourth-order valence-electron chi connectivity index (χ4n) is 1.95. The van der Waals surface area contributed by atoms with E-state index in [9.17, 15) is 4.79 Å². The van der Waals surface area contributed by atoms with Gasteiger partial charge in [-0.1, -0.05) is 19.8 Å². The van der Waals surface area contributed by atoms with Gasteiger partial charge in [0.15, 0.2) is 0 Å². The lowest BCUT2D eigenvalue weighted by atomic mass is 9.86. The van der Waals surface area contributed by atoms with E-state index >= 15 is 0 Å². The lowest BCUT2D eigenvalue weighted by molar-refractivity contribution is -0.121. The number of hydrogen-bond donors (Lipinski definition) is 2. The normalized spacial score (nSPS) is 28.5.